The van der Waals surface area contributed by atoms with Crippen LogP contribution in [-0.2, 0) is 6.42 Å². The van der Waals surface area contributed by atoms with Gasteiger partial charge < -0.3 is 0 Å². The summed E-state index contributed by atoms with van der Waals surface area (Å²) in [6.45, 7) is 2.15. The number of alkyl halides is 1. The molecule has 0 heterocycles. The standard InChI is InChI=1S/C16H15BrO/c1-2-12-3-5-13(6-4-12)14-7-9-15(10-8-14)16(18)11-17/h3-10H,2,11H2,1H3. The maximum atomic E-state index is 11.5. The Hall–Kier alpha value is -1.41. The largest absolute Gasteiger partial charge is 0.293 e. The number of halogens is 1. The Bertz CT molecular complexity index is 526. The minimum Gasteiger partial charge on any atom is -0.293 e. The smallest absolute Gasteiger partial charge is 0.173 e. The van der Waals surface area contributed by atoms with Crippen LogP contribution in [0.5, 0.6) is 0 Å². The third kappa shape index (κ3) is 2.88. The zero-order valence-corrected chi connectivity index (χ0v) is 11.9. The van der Waals surface area contributed by atoms with Crippen LogP contribution in [-0.4, -0.2) is 11.1 Å². The molecule has 2 aromatic rings. The second-order valence-electron chi connectivity index (χ2n) is 4.18. The van der Waals surface area contributed by atoms with Crippen molar-refractivity contribution < 1.29 is 4.79 Å². The zero-order chi connectivity index (χ0) is 13.0. The van der Waals surface area contributed by atoms with Crippen LogP contribution in [0.15, 0.2) is 48.5 Å². The van der Waals surface area contributed by atoms with E-state index in [1.807, 2.05) is 24.3 Å². The third-order valence-corrected chi connectivity index (χ3v) is 3.53. The van der Waals surface area contributed by atoms with E-state index in [1.54, 1.807) is 0 Å². The monoisotopic (exact) mass is 302 g/mol. The molecule has 0 bridgehead atoms. The zero-order valence-electron chi connectivity index (χ0n) is 10.3. The molecule has 92 valence electrons. The van der Waals surface area contributed by atoms with Gasteiger partial charge in [-0.25, -0.2) is 0 Å². The van der Waals surface area contributed by atoms with E-state index in [9.17, 15) is 4.79 Å². The van der Waals surface area contributed by atoms with Gasteiger partial charge in [0.25, 0.3) is 0 Å². The highest BCUT2D eigenvalue weighted by Gasteiger charge is 2.04. The minimum atomic E-state index is 0.114. The second-order valence-corrected chi connectivity index (χ2v) is 4.75. The predicted molar refractivity (Wildman–Crippen MR) is 79.4 cm³/mol. The molecule has 0 amide bonds. The van der Waals surface area contributed by atoms with Crippen LogP contribution in [0.3, 0.4) is 0 Å². The maximum Gasteiger partial charge on any atom is 0.173 e. The summed E-state index contributed by atoms with van der Waals surface area (Å²) in [4.78, 5) is 11.5. The van der Waals surface area contributed by atoms with E-state index in [0.29, 0.717) is 5.33 Å². The molecule has 0 N–H and O–H groups in total. The van der Waals surface area contributed by atoms with Crippen molar-refractivity contribution in [2.24, 2.45) is 0 Å². The predicted octanol–water partition coefficient (Wildman–Crippen LogP) is 4.49. The first-order chi connectivity index (χ1) is 8.74. The Morgan fingerprint density at radius 2 is 1.44 bits per heavy atom. The number of ketones is 1. The molecule has 0 saturated carbocycles. The molecule has 0 aliphatic heterocycles. The third-order valence-electron chi connectivity index (χ3n) is 3.02. The quantitative estimate of drug-likeness (QED) is 0.600. The summed E-state index contributed by atoms with van der Waals surface area (Å²) in [7, 11) is 0. The summed E-state index contributed by atoms with van der Waals surface area (Å²) in [5.41, 5.74) is 4.42. The van der Waals surface area contributed by atoms with E-state index in [1.165, 1.54) is 11.1 Å². The fraction of sp³-hybridized carbons (Fsp3) is 0.188. The van der Waals surface area contributed by atoms with Gasteiger partial charge in [-0.1, -0.05) is 71.4 Å². The van der Waals surface area contributed by atoms with Crippen molar-refractivity contribution in [2.45, 2.75) is 13.3 Å². The van der Waals surface area contributed by atoms with Gasteiger partial charge in [0.1, 0.15) is 0 Å². The first-order valence-electron chi connectivity index (χ1n) is 6.03. The highest BCUT2D eigenvalue weighted by Crippen LogP contribution is 2.20. The molecule has 0 atom stereocenters. The van der Waals surface area contributed by atoms with Crippen molar-refractivity contribution in [3.05, 3.63) is 59.7 Å². The number of carbonyl (C=O) groups is 1. The molecule has 1 nitrogen and oxygen atoms in total. The molecule has 2 rings (SSSR count). The van der Waals surface area contributed by atoms with Crippen molar-refractivity contribution in [3.63, 3.8) is 0 Å². The number of Topliss-reactive ketones (excluding diaryl/α,β-unsaturated/α-hetero) is 1. The topological polar surface area (TPSA) is 17.1 Å². The van der Waals surface area contributed by atoms with Crippen molar-refractivity contribution >= 4 is 21.7 Å². The highest BCUT2D eigenvalue weighted by atomic mass is 79.9. The van der Waals surface area contributed by atoms with Gasteiger partial charge in [0.15, 0.2) is 5.78 Å². The molecule has 2 heteroatoms. The minimum absolute atomic E-state index is 0.114. The molecule has 0 spiro atoms. The van der Waals surface area contributed by atoms with Crippen LogP contribution in [0.2, 0.25) is 0 Å². The Balaban J connectivity index is 2.25. The molecule has 0 unspecified atom stereocenters. The van der Waals surface area contributed by atoms with Gasteiger partial charge in [0.05, 0.1) is 5.33 Å². The molecule has 0 fully saturated rings. The van der Waals surface area contributed by atoms with Gasteiger partial charge in [-0.05, 0) is 23.1 Å². The average molecular weight is 303 g/mol. The van der Waals surface area contributed by atoms with Gasteiger partial charge in [0, 0.05) is 5.56 Å². The number of hydrogen-bond acceptors (Lipinski definition) is 1. The summed E-state index contributed by atoms with van der Waals surface area (Å²) >= 11 is 3.18. The van der Waals surface area contributed by atoms with Crippen LogP contribution in [0.4, 0.5) is 0 Å². The average Bonchev–Trinajstić information content (AvgIpc) is 2.47. The first kappa shape index (κ1) is 13.0. The van der Waals surface area contributed by atoms with Gasteiger partial charge in [-0.15, -0.1) is 0 Å². The lowest BCUT2D eigenvalue weighted by molar-refractivity contribution is 0.102. The molecule has 0 aliphatic rings. The molecule has 0 aliphatic carbocycles. The van der Waals surface area contributed by atoms with E-state index >= 15 is 0 Å². The Kier molecular flexibility index (Phi) is 4.32. The fourth-order valence-corrected chi connectivity index (χ4v) is 2.18. The summed E-state index contributed by atoms with van der Waals surface area (Å²) in [5.74, 6) is 0.114. The maximum absolute atomic E-state index is 11.5. The SMILES string of the molecule is CCc1ccc(-c2ccc(C(=O)CBr)cc2)cc1. The number of rotatable bonds is 4. The van der Waals surface area contributed by atoms with Gasteiger partial charge >= 0.3 is 0 Å². The number of carbonyl (C=O) groups excluding carboxylic acids is 1. The van der Waals surface area contributed by atoms with Gasteiger partial charge in [-0.2, -0.15) is 0 Å². The molecule has 0 radical (unpaired) electrons. The lowest BCUT2D eigenvalue weighted by Gasteiger charge is -2.04. The van der Waals surface area contributed by atoms with Crippen molar-refractivity contribution in [3.8, 4) is 11.1 Å². The van der Waals surface area contributed by atoms with Crippen molar-refractivity contribution in [1.29, 1.82) is 0 Å². The highest BCUT2D eigenvalue weighted by molar-refractivity contribution is 9.09. The Morgan fingerprint density at radius 3 is 1.89 bits per heavy atom. The summed E-state index contributed by atoms with van der Waals surface area (Å²) in [5, 5.41) is 0.373. The van der Waals surface area contributed by atoms with Gasteiger partial charge in [-0.3, -0.25) is 4.79 Å². The first-order valence-corrected chi connectivity index (χ1v) is 7.15. The molecule has 2 aromatic carbocycles. The molecule has 18 heavy (non-hydrogen) atoms. The van der Waals surface area contributed by atoms with Crippen LogP contribution in [0, 0.1) is 0 Å². The normalized spacial score (nSPS) is 10.3. The molecular weight excluding hydrogens is 288 g/mol. The fourth-order valence-electron chi connectivity index (χ4n) is 1.86. The molecule has 0 aromatic heterocycles. The summed E-state index contributed by atoms with van der Waals surface area (Å²) < 4.78 is 0. The van der Waals surface area contributed by atoms with Crippen LogP contribution in [0.1, 0.15) is 22.8 Å². The van der Waals surface area contributed by atoms with E-state index in [4.69, 9.17) is 0 Å². The van der Waals surface area contributed by atoms with Crippen molar-refractivity contribution in [1.82, 2.24) is 0 Å². The van der Waals surface area contributed by atoms with E-state index in [0.717, 1.165) is 17.5 Å². The Labute approximate surface area is 116 Å². The molecular formula is C16H15BrO. The Morgan fingerprint density at radius 1 is 0.944 bits per heavy atom. The number of aryl methyl sites for hydroxylation is 1. The van der Waals surface area contributed by atoms with Crippen LogP contribution < -0.4 is 0 Å². The summed E-state index contributed by atoms with van der Waals surface area (Å²) in [6, 6.07) is 16.3. The summed E-state index contributed by atoms with van der Waals surface area (Å²) in [6.07, 6.45) is 1.05. The lowest BCUT2D eigenvalue weighted by atomic mass is 10.0. The van der Waals surface area contributed by atoms with E-state index in [-0.39, 0.29) is 5.78 Å². The van der Waals surface area contributed by atoms with Crippen molar-refractivity contribution in [2.75, 3.05) is 5.33 Å². The van der Waals surface area contributed by atoms with E-state index < -0.39 is 0 Å². The van der Waals surface area contributed by atoms with Crippen LogP contribution >= 0.6 is 15.9 Å². The van der Waals surface area contributed by atoms with E-state index in [2.05, 4.69) is 47.1 Å². The second kappa shape index (κ2) is 5.96. The lowest BCUT2D eigenvalue weighted by Crippen LogP contribution is -1.98. The number of benzene rings is 2. The van der Waals surface area contributed by atoms with Crippen LogP contribution in [0.25, 0.3) is 11.1 Å². The molecule has 0 saturated heterocycles. The van der Waals surface area contributed by atoms with Gasteiger partial charge in [0.2, 0.25) is 0 Å². The number of hydrogen-bond donors (Lipinski definition) is 0.